The fourth-order valence-electron chi connectivity index (χ4n) is 3.84. The van der Waals surface area contributed by atoms with Crippen molar-refractivity contribution in [3.63, 3.8) is 0 Å². The van der Waals surface area contributed by atoms with Crippen LogP contribution in [0.1, 0.15) is 43.6 Å². The summed E-state index contributed by atoms with van der Waals surface area (Å²) in [4.78, 5) is 14.4. The van der Waals surface area contributed by atoms with Crippen LogP contribution in [0.3, 0.4) is 0 Å². The van der Waals surface area contributed by atoms with Gasteiger partial charge in [0.1, 0.15) is 0 Å². The van der Waals surface area contributed by atoms with Crippen LogP contribution in [0.15, 0.2) is 12.4 Å². The molecule has 1 saturated carbocycles. The number of carbonyl (C=O) groups excluding carboxylic acids is 1. The van der Waals surface area contributed by atoms with Crippen molar-refractivity contribution in [3.8, 4) is 0 Å². The third kappa shape index (κ3) is 4.05. The molecule has 1 N–H and O–H groups in total. The topological polar surface area (TPSA) is 59.4 Å². The summed E-state index contributed by atoms with van der Waals surface area (Å²) in [6, 6.07) is 0.430. The van der Waals surface area contributed by atoms with Gasteiger partial charge in [-0.25, -0.2) is 4.79 Å². The fourth-order valence-corrected chi connectivity index (χ4v) is 3.84. The third-order valence-electron chi connectivity index (χ3n) is 5.25. The van der Waals surface area contributed by atoms with E-state index in [1.165, 1.54) is 5.56 Å². The first-order valence-corrected chi connectivity index (χ1v) is 8.68. The molecule has 1 saturated heterocycles. The predicted molar refractivity (Wildman–Crippen MR) is 88.3 cm³/mol. The highest BCUT2D eigenvalue weighted by molar-refractivity contribution is 5.75. The SMILES string of the molecule is COCC1CCC(NC(=O)N2CCC(c3cnn(C)c3)C2)CC1. The first-order chi connectivity index (χ1) is 11.2. The smallest absolute Gasteiger partial charge is 0.317 e. The number of aryl methyl sites for hydroxylation is 1. The van der Waals surface area contributed by atoms with Crippen molar-refractivity contribution in [1.29, 1.82) is 0 Å². The minimum atomic E-state index is 0.103. The summed E-state index contributed by atoms with van der Waals surface area (Å²) in [5.74, 6) is 1.08. The molecule has 1 aliphatic carbocycles. The summed E-state index contributed by atoms with van der Waals surface area (Å²) in [7, 11) is 3.70. The molecule has 1 aromatic heterocycles. The minimum Gasteiger partial charge on any atom is -0.384 e. The molecule has 2 fully saturated rings. The van der Waals surface area contributed by atoms with Crippen LogP contribution in [-0.4, -0.2) is 53.6 Å². The lowest BCUT2D eigenvalue weighted by Crippen LogP contribution is -2.45. The number of rotatable bonds is 4. The summed E-state index contributed by atoms with van der Waals surface area (Å²) in [5, 5.41) is 7.46. The van der Waals surface area contributed by atoms with Crippen molar-refractivity contribution in [2.24, 2.45) is 13.0 Å². The number of methoxy groups -OCH3 is 1. The molecule has 1 unspecified atom stereocenters. The van der Waals surface area contributed by atoms with Crippen LogP contribution < -0.4 is 5.32 Å². The summed E-state index contributed by atoms with van der Waals surface area (Å²) in [6.45, 7) is 2.49. The Bertz CT molecular complexity index is 522. The summed E-state index contributed by atoms with van der Waals surface area (Å²) >= 11 is 0. The second-order valence-electron chi connectivity index (χ2n) is 7.00. The number of likely N-dealkylation sites (tertiary alicyclic amines) is 1. The first-order valence-electron chi connectivity index (χ1n) is 8.68. The number of carbonyl (C=O) groups is 1. The van der Waals surface area contributed by atoms with E-state index in [-0.39, 0.29) is 6.03 Å². The molecule has 1 aromatic rings. The van der Waals surface area contributed by atoms with E-state index >= 15 is 0 Å². The number of nitrogens with zero attached hydrogens (tertiary/aromatic N) is 3. The van der Waals surface area contributed by atoms with Gasteiger partial charge in [0.25, 0.3) is 0 Å². The number of hydrogen-bond donors (Lipinski definition) is 1. The Balaban J connectivity index is 1.45. The van der Waals surface area contributed by atoms with Crippen molar-refractivity contribution >= 4 is 6.03 Å². The number of aromatic nitrogens is 2. The van der Waals surface area contributed by atoms with Crippen molar-refractivity contribution in [3.05, 3.63) is 18.0 Å². The Morgan fingerprint density at radius 3 is 2.78 bits per heavy atom. The maximum absolute atomic E-state index is 12.5. The Hall–Kier alpha value is -1.56. The van der Waals surface area contributed by atoms with Gasteiger partial charge < -0.3 is 15.0 Å². The molecule has 1 aliphatic heterocycles. The zero-order valence-corrected chi connectivity index (χ0v) is 14.2. The number of nitrogens with one attached hydrogen (secondary N) is 1. The van der Waals surface area contributed by atoms with E-state index in [1.54, 1.807) is 7.11 Å². The summed E-state index contributed by atoms with van der Waals surface area (Å²) < 4.78 is 7.06. The zero-order valence-electron chi connectivity index (χ0n) is 14.2. The number of amides is 2. The highest BCUT2D eigenvalue weighted by atomic mass is 16.5. The fraction of sp³-hybridized carbons (Fsp3) is 0.765. The quantitative estimate of drug-likeness (QED) is 0.924. The van der Waals surface area contributed by atoms with Gasteiger partial charge in [0.2, 0.25) is 0 Å². The van der Waals surface area contributed by atoms with Crippen molar-refractivity contribution in [2.75, 3.05) is 26.8 Å². The molecule has 3 rings (SSSR count). The first kappa shape index (κ1) is 16.3. The van der Waals surface area contributed by atoms with E-state index < -0.39 is 0 Å². The van der Waals surface area contributed by atoms with Gasteiger partial charge in [-0.3, -0.25) is 4.68 Å². The average molecular weight is 320 g/mol. The summed E-state index contributed by atoms with van der Waals surface area (Å²) in [5.41, 5.74) is 1.24. The number of urea groups is 1. The largest absolute Gasteiger partial charge is 0.384 e. The van der Waals surface area contributed by atoms with Crippen LogP contribution in [0.5, 0.6) is 0 Å². The third-order valence-corrected chi connectivity index (χ3v) is 5.25. The predicted octanol–water partition coefficient (Wildman–Crippen LogP) is 2.12. The molecule has 1 atom stereocenters. The molecule has 6 nitrogen and oxygen atoms in total. The molecule has 2 heterocycles. The lowest BCUT2D eigenvalue weighted by molar-refractivity contribution is 0.123. The van der Waals surface area contributed by atoms with E-state index in [1.807, 2.05) is 22.8 Å². The second-order valence-corrected chi connectivity index (χ2v) is 7.00. The zero-order chi connectivity index (χ0) is 16.2. The van der Waals surface area contributed by atoms with E-state index in [2.05, 4.69) is 16.6 Å². The van der Waals surface area contributed by atoms with Crippen LogP contribution in [-0.2, 0) is 11.8 Å². The minimum absolute atomic E-state index is 0.103. The molecule has 128 valence electrons. The van der Waals surface area contributed by atoms with Gasteiger partial charge in [0, 0.05) is 52.0 Å². The normalized spacial score (nSPS) is 28.1. The lowest BCUT2D eigenvalue weighted by atomic mass is 9.86. The molecule has 2 amide bonds. The monoisotopic (exact) mass is 320 g/mol. The number of hydrogen-bond acceptors (Lipinski definition) is 3. The number of ether oxygens (including phenoxy) is 1. The van der Waals surface area contributed by atoms with Crippen LogP contribution in [0.4, 0.5) is 4.79 Å². The van der Waals surface area contributed by atoms with Gasteiger partial charge in [-0.1, -0.05) is 0 Å². The van der Waals surface area contributed by atoms with Crippen molar-refractivity contribution in [2.45, 2.75) is 44.1 Å². The van der Waals surface area contributed by atoms with Gasteiger partial charge in [0.15, 0.2) is 0 Å². The molecule has 0 spiro atoms. The molecule has 23 heavy (non-hydrogen) atoms. The molecular formula is C17H28N4O2. The molecule has 0 radical (unpaired) electrons. The van der Waals surface area contributed by atoms with E-state index in [4.69, 9.17) is 4.74 Å². The highest BCUT2D eigenvalue weighted by Crippen LogP contribution is 2.28. The molecule has 6 heteroatoms. The Morgan fingerprint density at radius 2 is 2.13 bits per heavy atom. The van der Waals surface area contributed by atoms with Gasteiger partial charge in [0.05, 0.1) is 6.20 Å². The van der Waals surface area contributed by atoms with E-state index in [9.17, 15) is 4.79 Å². The van der Waals surface area contributed by atoms with Crippen LogP contribution in [0.2, 0.25) is 0 Å². The second kappa shape index (κ2) is 7.34. The van der Waals surface area contributed by atoms with Crippen LogP contribution in [0, 0.1) is 5.92 Å². The Kier molecular flexibility index (Phi) is 5.20. The van der Waals surface area contributed by atoms with Crippen LogP contribution >= 0.6 is 0 Å². The standard InChI is InChI=1S/C17H28N4O2/c1-20-10-15(9-18-20)14-7-8-21(11-14)17(22)19-16-5-3-13(4-6-16)12-23-2/h9-10,13-14,16H,3-8,11-12H2,1-2H3,(H,19,22). The average Bonchev–Trinajstić information content (AvgIpc) is 3.18. The van der Waals surface area contributed by atoms with Crippen molar-refractivity contribution < 1.29 is 9.53 Å². The molecule has 0 bridgehead atoms. The Morgan fingerprint density at radius 1 is 1.35 bits per heavy atom. The molecular weight excluding hydrogens is 292 g/mol. The van der Waals surface area contributed by atoms with Crippen molar-refractivity contribution in [1.82, 2.24) is 20.0 Å². The van der Waals surface area contributed by atoms with E-state index in [0.29, 0.717) is 17.9 Å². The Labute approximate surface area is 138 Å². The van der Waals surface area contributed by atoms with Gasteiger partial charge in [-0.2, -0.15) is 5.10 Å². The maximum Gasteiger partial charge on any atom is 0.317 e. The van der Waals surface area contributed by atoms with Crippen LogP contribution in [0.25, 0.3) is 0 Å². The maximum atomic E-state index is 12.5. The van der Waals surface area contributed by atoms with Gasteiger partial charge >= 0.3 is 6.03 Å². The van der Waals surface area contributed by atoms with Gasteiger partial charge in [-0.05, 0) is 43.6 Å². The molecule has 0 aromatic carbocycles. The van der Waals surface area contributed by atoms with Gasteiger partial charge in [-0.15, -0.1) is 0 Å². The molecule has 2 aliphatic rings. The highest BCUT2D eigenvalue weighted by Gasteiger charge is 2.30. The van der Waals surface area contributed by atoms with E-state index in [0.717, 1.165) is 51.8 Å². The summed E-state index contributed by atoms with van der Waals surface area (Å²) in [6.07, 6.45) is 9.44. The lowest BCUT2D eigenvalue weighted by Gasteiger charge is -2.30.